The van der Waals surface area contributed by atoms with Crippen LogP contribution in [0.3, 0.4) is 0 Å². The van der Waals surface area contributed by atoms with Gasteiger partial charge in [-0.05, 0) is 36.4 Å². The van der Waals surface area contributed by atoms with Crippen LogP contribution in [0.5, 0.6) is 0 Å². The number of pyridine rings is 1. The smallest absolute Gasteiger partial charge is 0.308 e. The molecule has 0 radical (unpaired) electrons. The number of carbonyl (C=O) groups is 1. The third kappa shape index (κ3) is 3.57. The Morgan fingerprint density at radius 2 is 2.08 bits per heavy atom. The second-order valence-electron chi connectivity index (χ2n) is 5.52. The molecule has 2 aromatic heterocycles. The SMILES string of the molecule is COC(=O)[C@@H](C)Cc1[nH]c2ncccc2c1Sc1ccc(Cl)cc1. The Morgan fingerprint density at radius 3 is 2.79 bits per heavy atom. The molecule has 1 aromatic carbocycles. The summed E-state index contributed by atoms with van der Waals surface area (Å²) in [6, 6.07) is 11.6. The van der Waals surface area contributed by atoms with Crippen LogP contribution in [0.25, 0.3) is 11.0 Å². The number of nitrogens with zero attached hydrogens (tertiary/aromatic N) is 1. The van der Waals surface area contributed by atoms with Crippen molar-refractivity contribution >= 4 is 40.4 Å². The first kappa shape index (κ1) is 16.9. The van der Waals surface area contributed by atoms with Gasteiger partial charge >= 0.3 is 5.97 Å². The van der Waals surface area contributed by atoms with Gasteiger partial charge in [-0.25, -0.2) is 4.98 Å². The predicted molar refractivity (Wildman–Crippen MR) is 96.6 cm³/mol. The molecule has 0 unspecified atom stereocenters. The zero-order chi connectivity index (χ0) is 17.1. The summed E-state index contributed by atoms with van der Waals surface area (Å²) in [4.78, 5) is 21.6. The molecule has 0 spiro atoms. The minimum Gasteiger partial charge on any atom is -0.469 e. The molecule has 3 aromatic rings. The van der Waals surface area contributed by atoms with Gasteiger partial charge in [0.05, 0.1) is 13.0 Å². The zero-order valence-corrected chi connectivity index (χ0v) is 14.9. The molecule has 124 valence electrons. The van der Waals surface area contributed by atoms with Crippen molar-refractivity contribution in [1.29, 1.82) is 0 Å². The highest BCUT2D eigenvalue weighted by atomic mass is 35.5. The van der Waals surface area contributed by atoms with E-state index in [9.17, 15) is 4.79 Å². The Kier molecular flexibility index (Phi) is 5.11. The number of H-pyrrole nitrogens is 1. The second-order valence-corrected chi connectivity index (χ2v) is 7.04. The molecule has 0 aliphatic rings. The normalized spacial score (nSPS) is 12.3. The van der Waals surface area contributed by atoms with Crippen LogP contribution in [0.1, 0.15) is 12.6 Å². The molecule has 1 N–H and O–H groups in total. The highest BCUT2D eigenvalue weighted by molar-refractivity contribution is 7.99. The largest absolute Gasteiger partial charge is 0.469 e. The number of methoxy groups -OCH3 is 1. The molecule has 0 aliphatic carbocycles. The van der Waals surface area contributed by atoms with Crippen molar-refractivity contribution in [3.8, 4) is 0 Å². The molecule has 0 aliphatic heterocycles. The third-order valence-electron chi connectivity index (χ3n) is 3.74. The quantitative estimate of drug-likeness (QED) is 0.669. The van der Waals surface area contributed by atoms with E-state index < -0.39 is 0 Å². The van der Waals surface area contributed by atoms with E-state index in [1.807, 2.05) is 43.3 Å². The average Bonchev–Trinajstić information content (AvgIpc) is 2.93. The van der Waals surface area contributed by atoms with Gasteiger partial charge in [0.1, 0.15) is 5.65 Å². The van der Waals surface area contributed by atoms with Crippen LogP contribution in [0.2, 0.25) is 5.02 Å². The molecule has 0 fully saturated rings. The van der Waals surface area contributed by atoms with E-state index in [2.05, 4.69) is 9.97 Å². The second kappa shape index (κ2) is 7.28. The standard InChI is InChI=1S/C18H17ClN2O2S/c1-11(18(22)23-2)10-15-16(14-4-3-9-20-17(14)21-15)24-13-7-5-12(19)6-8-13/h3-9,11H,10H2,1-2H3,(H,20,21)/t11-/m0/s1. The number of aromatic nitrogens is 2. The maximum atomic E-state index is 11.8. The first-order chi connectivity index (χ1) is 11.6. The summed E-state index contributed by atoms with van der Waals surface area (Å²) in [6.45, 7) is 1.86. The Labute approximate surface area is 149 Å². The number of aromatic amines is 1. The molecule has 24 heavy (non-hydrogen) atoms. The summed E-state index contributed by atoms with van der Waals surface area (Å²) in [5, 5.41) is 1.75. The molecular formula is C18H17ClN2O2S. The minimum atomic E-state index is -0.229. The van der Waals surface area contributed by atoms with Crippen LogP contribution in [0, 0.1) is 5.92 Å². The lowest BCUT2D eigenvalue weighted by atomic mass is 10.1. The van der Waals surface area contributed by atoms with Gasteiger partial charge in [-0.2, -0.15) is 0 Å². The fraction of sp³-hybridized carbons (Fsp3) is 0.222. The summed E-state index contributed by atoms with van der Waals surface area (Å²) < 4.78 is 4.84. The fourth-order valence-corrected chi connectivity index (χ4v) is 3.69. The number of fused-ring (bicyclic) bond motifs is 1. The number of esters is 1. The number of halogens is 1. The molecule has 0 bridgehead atoms. The van der Waals surface area contributed by atoms with Gasteiger partial charge in [0, 0.05) is 38.5 Å². The lowest BCUT2D eigenvalue weighted by Crippen LogP contribution is -2.15. The van der Waals surface area contributed by atoms with E-state index >= 15 is 0 Å². The number of hydrogen-bond donors (Lipinski definition) is 1. The van der Waals surface area contributed by atoms with Crippen LogP contribution < -0.4 is 0 Å². The minimum absolute atomic E-state index is 0.218. The Hall–Kier alpha value is -1.98. The van der Waals surface area contributed by atoms with Gasteiger partial charge in [0.15, 0.2) is 0 Å². The molecule has 0 saturated heterocycles. The molecule has 0 amide bonds. The lowest BCUT2D eigenvalue weighted by molar-refractivity contribution is -0.144. The van der Waals surface area contributed by atoms with E-state index in [0.717, 1.165) is 26.5 Å². The number of nitrogens with one attached hydrogen (secondary N) is 1. The first-order valence-electron chi connectivity index (χ1n) is 7.55. The van der Waals surface area contributed by atoms with Crippen molar-refractivity contribution in [2.45, 2.75) is 23.1 Å². The predicted octanol–water partition coefficient (Wildman–Crippen LogP) is 4.72. The number of benzene rings is 1. The van der Waals surface area contributed by atoms with Crippen LogP contribution >= 0.6 is 23.4 Å². The van der Waals surface area contributed by atoms with Crippen LogP contribution in [-0.4, -0.2) is 23.0 Å². The zero-order valence-electron chi connectivity index (χ0n) is 13.4. The van der Waals surface area contributed by atoms with Gasteiger partial charge in [-0.1, -0.05) is 30.3 Å². The first-order valence-corrected chi connectivity index (χ1v) is 8.74. The van der Waals surface area contributed by atoms with Gasteiger partial charge in [0.25, 0.3) is 0 Å². The third-order valence-corrected chi connectivity index (χ3v) is 5.17. The maximum Gasteiger partial charge on any atom is 0.308 e. The Balaban J connectivity index is 1.98. The molecule has 0 saturated carbocycles. The van der Waals surface area contributed by atoms with E-state index in [1.165, 1.54) is 7.11 Å². The van der Waals surface area contributed by atoms with E-state index in [1.54, 1.807) is 18.0 Å². The molecular weight excluding hydrogens is 344 g/mol. The van der Waals surface area contributed by atoms with E-state index in [-0.39, 0.29) is 11.9 Å². The van der Waals surface area contributed by atoms with Crippen LogP contribution in [0.15, 0.2) is 52.4 Å². The summed E-state index contributed by atoms with van der Waals surface area (Å²) in [6.07, 6.45) is 2.32. The average molecular weight is 361 g/mol. The number of hydrogen-bond acceptors (Lipinski definition) is 4. The van der Waals surface area contributed by atoms with Crippen molar-refractivity contribution in [3.63, 3.8) is 0 Å². The van der Waals surface area contributed by atoms with Gasteiger partial charge in [-0.3, -0.25) is 4.79 Å². The molecule has 3 rings (SSSR count). The molecule has 2 heterocycles. The number of carbonyl (C=O) groups excluding carboxylic acids is 1. The summed E-state index contributed by atoms with van der Waals surface area (Å²) >= 11 is 7.60. The maximum absolute atomic E-state index is 11.8. The van der Waals surface area contributed by atoms with Gasteiger partial charge < -0.3 is 9.72 Å². The lowest BCUT2D eigenvalue weighted by Gasteiger charge is -2.10. The topological polar surface area (TPSA) is 55.0 Å². The molecule has 6 heteroatoms. The number of ether oxygens (including phenoxy) is 1. The van der Waals surface area contributed by atoms with Crippen molar-refractivity contribution < 1.29 is 9.53 Å². The van der Waals surface area contributed by atoms with Crippen molar-refractivity contribution in [1.82, 2.24) is 9.97 Å². The van der Waals surface area contributed by atoms with Crippen molar-refractivity contribution in [3.05, 3.63) is 53.3 Å². The van der Waals surface area contributed by atoms with Gasteiger partial charge in [0.2, 0.25) is 0 Å². The van der Waals surface area contributed by atoms with Gasteiger partial charge in [-0.15, -0.1) is 0 Å². The van der Waals surface area contributed by atoms with E-state index in [4.69, 9.17) is 16.3 Å². The molecule has 4 nitrogen and oxygen atoms in total. The summed E-state index contributed by atoms with van der Waals surface area (Å²) in [5.74, 6) is -0.448. The number of rotatable bonds is 5. The summed E-state index contributed by atoms with van der Waals surface area (Å²) in [5.41, 5.74) is 1.81. The monoisotopic (exact) mass is 360 g/mol. The molecule has 1 atom stereocenters. The van der Waals surface area contributed by atoms with Crippen molar-refractivity contribution in [2.75, 3.05) is 7.11 Å². The summed E-state index contributed by atoms with van der Waals surface area (Å²) in [7, 11) is 1.41. The Morgan fingerprint density at radius 1 is 1.33 bits per heavy atom. The highest BCUT2D eigenvalue weighted by Crippen LogP contribution is 2.37. The van der Waals surface area contributed by atoms with Crippen LogP contribution in [-0.2, 0) is 16.0 Å². The Bertz CT molecular complexity index is 861. The highest BCUT2D eigenvalue weighted by Gasteiger charge is 2.20. The fourth-order valence-electron chi connectivity index (χ4n) is 2.52. The van der Waals surface area contributed by atoms with Crippen LogP contribution in [0.4, 0.5) is 0 Å². The van der Waals surface area contributed by atoms with E-state index in [0.29, 0.717) is 11.4 Å². The van der Waals surface area contributed by atoms with Crippen molar-refractivity contribution in [2.24, 2.45) is 5.92 Å².